The fourth-order valence-electron chi connectivity index (χ4n) is 1.70. The molecular weight excluding hydrogens is 309 g/mol. The maximum Gasteiger partial charge on any atom is 0.137 e. The second-order valence-electron chi connectivity index (χ2n) is 3.96. The highest BCUT2D eigenvalue weighted by atomic mass is 35.5. The molecule has 0 amide bonds. The lowest BCUT2D eigenvalue weighted by Crippen LogP contribution is -2.29. The predicted octanol–water partition coefficient (Wildman–Crippen LogP) is 3.14. The number of hydrogen-bond acceptors (Lipinski definition) is 3. The largest absolute Gasteiger partial charge is 0.379 e. The van der Waals surface area contributed by atoms with Gasteiger partial charge in [-0.1, -0.05) is 46.9 Å². The fourth-order valence-corrected chi connectivity index (χ4v) is 2.19. The van der Waals surface area contributed by atoms with Crippen LogP contribution in [0.25, 0.3) is 0 Å². The molecule has 19 heavy (non-hydrogen) atoms. The van der Waals surface area contributed by atoms with Crippen molar-refractivity contribution in [2.75, 3.05) is 0 Å². The summed E-state index contributed by atoms with van der Waals surface area (Å²) in [4.78, 5) is 3.83. The third-order valence-corrected chi connectivity index (χ3v) is 3.03. The third kappa shape index (κ3) is 3.70. The maximum absolute atomic E-state index is 10.7. The number of aliphatic hydroxyl groups is 1. The standard InChI is InChI=1S/C12H10Cl3N3O/c13-10-3-1-9(2-4-10)12(19,5-11(14)15)6-18-8-16-7-17-18/h1-5,7-8,19H,6H2. The molecule has 0 spiro atoms. The van der Waals surface area contributed by atoms with Crippen LogP contribution in [-0.2, 0) is 12.1 Å². The average Bonchev–Trinajstić information content (AvgIpc) is 2.81. The van der Waals surface area contributed by atoms with Gasteiger partial charge in [-0.3, -0.25) is 0 Å². The molecular formula is C12H10Cl3N3O. The van der Waals surface area contributed by atoms with E-state index < -0.39 is 5.60 Å². The van der Waals surface area contributed by atoms with Crippen molar-refractivity contribution < 1.29 is 5.11 Å². The van der Waals surface area contributed by atoms with E-state index >= 15 is 0 Å². The highest BCUT2D eigenvalue weighted by Gasteiger charge is 2.28. The first kappa shape index (κ1) is 14.3. The van der Waals surface area contributed by atoms with Gasteiger partial charge in [0.15, 0.2) is 0 Å². The molecule has 100 valence electrons. The van der Waals surface area contributed by atoms with Crippen LogP contribution < -0.4 is 0 Å². The van der Waals surface area contributed by atoms with Crippen LogP contribution in [0.2, 0.25) is 5.02 Å². The molecule has 7 heteroatoms. The first-order chi connectivity index (χ1) is 8.99. The van der Waals surface area contributed by atoms with Gasteiger partial charge in [0.2, 0.25) is 0 Å². The Balaban J connectivity index is 2.39. The zero-order valence-corrected chi connectivity index (χ0v) is 11.9. The highest BCUT2D eigenvalue weighted by Crippen LogP contribution is 2.29. The van der Waals surface area contributed by atoms with Gasteiger partial charge in [-0.05, 0) is 23.8 Å². The summed E-state index contributed by atoms with van der Waals surface area (Å²) in [6.07, 6.45) is 4.23. The van der Waals surface area contributed by atoms with E-state index in [-0.39, 0.29) is 11.0 Å². The van der Waals surface area contributed by atoms with Crippen molar-refractivity contribution in [2.45, 2.75) is 12.1 Å². The van der Waals surface area contributed by atoms with E-state index in [1.807, 2.05) is 0 Å². The Morgan fingerprint density at radius 3 is 2.53 bits per heavy atom. The summed E-state index contributed by atoms with van der Waals surface area (Å²) in [6.45, 7) is 0.136. The lowest BCUT2D eigenvalue weighted by atomic mass is 9.94. The Morgan fingerprint density at radius 2 is 2.00 bits per heavy atom. The Bertz CT molecular complexity index is 564. The van der Waals surface area contributed by atoms with Crippen molar-refractivity contribution in [2.24, 2.45) is 0 Å². The van der Waals surface area contributed by atoms with Gasteiger partial charge in [0.1, 0.15) is 22.7 Å². The molecule has 2 rings (SSSR count). The molecule has 1 aromatic heterocycles. The SMILES string of the molecule is OC(C=C(Cl)Cl)(Cn1cncn1)c1ccc(Cl)cc1. The summed E-state index contributed by atoms with van der Waals surface area (Å²) < 4.78 is 1.46. The van der Waals surface area contributed by atoms with Crippen molar-refractivity contribution in [1.29, 1.82) is 0 Å². The van der Waals surface area contributed by atoms with Crippen LogP contribution in [-0.4, -0.2) is 19.9 Å². The van der Waals surface area contributed by atoms with E-state index in [9.17, 15) is 5.11 Å². The van der Waals surface area contributed by atoms with Crippen LogP contribution in [0.4, 0.5) is 0 Å². The number of rotatable bonds is 4. The van der Waals surface area contributed by atoms with Gasteiger partial charge in [-0.25, -0.2) is 9.67 Å². The molecule has 1 N–H and O–H groups in total. The summed E-state index contributed by atoms with van der Waals surface area (Å²) in [6, 6.07) is 6.76. The van der Waals surface area contributed by atoms with Gasteiger partial charge in [0.25, 0.3) is 0 Å². The fraction of sp³-hybridized carbons (Fsp3) is 0.167. The van der Waals surface area contributed by atoms with Gasteiger partial charge in [-0.15, -0.1) is 0 Å². The van der Waals surface area contributed by atoms with Gasteiger partial charge in [-0.2, -0.15) is 5.10 Å². The van der Waals surface area contributed by atoms with Crippen LogP contribution in [0.5, 0.6) is 0 Å². The van der Waals surface area contributed by atoms with Gasteiger partial charge in [0.05, 0.1) is 6.54 Å². The maximum atomic E-state index is 10.7. The molecule has 1 unspecified atom stereocenters. The van der Waals surface area contributed by atoms with Crippen molar-refractivity contribution >= 4 is 34.8 Å². The summed E-state index contributed by atoms with van der Waals surface area (Å²) >= 11 is 17.2. The molecule has 0 fully saturated rings. The van der Waals surface area contributed by atoms with Crippen LogP contribution in [0.3, 0.4) is 0 Å². The lowest BCUT2D eigenvalue weighted by Gasteiger charge is -2.25. The van der Waals surface area contributed by atoms with Crippen molar-refractivity contribution in [3.8, 4) is 0 Å². The molecule has 2 aromatic rings. The minimum absolute atomic E-state index is 0.0300. The van der Waals surface area contributed by atoms with E-state index in [1.165, 1.54) is 23.4 Å². The predicted molar refractivity (Wildman–Crippen MR) is 75.2 cm³/mol. The molecule has 1 heterocycles. The zero-order valence-electron chi connectivity index (χ0n) is 9.67. The summed E-state index contributed by atoms with van der Waals surface area (Å²) in [7, 11) is 0. The lowest BCUT2D eigenvalue weighted by molar-refractivity contribution is 0.0655. The zero-order chi connectivity index (χ0) is 13.9. The Morgan fingerprint density at radius 1 is 1.32 bits per heavy atom. The van der Waals surface area contributed by atoms with Gasteiger partial charge >= 0.3 is 0 Å². The first-order valence-corrected chi connectivity index (χ1v) is 6.48. The molecule has 1 atom stereocenters. The molecule has 0 aliphatic heterocycles. The number of nitrogens with zero attached hydrogens (tertiary/aromatic N) is 3. The number of hydrogen-bond donors (Lipinski definition) is 1. The van der Waals surface area contributed by atoms with Crippen LogP contribution >= 0.6 is 34.8 Å². The first-order valence-electron chi connectivity index (χ1n) is 5.34. The number of halogens is 3. The minimum Gasteiger partial charge on any atom is -0.379 e. The summed E-state index contributed by atoms with van der Waals surface area (Å²) in [5, 5.41) is 15.3. The topological polar surface area (TPSA) is 50.9 Å². The molecule has 0 radical (unpaired) electrons. The van der Waals surface area contributed by atoms with Crippen molar-refractivity contribution in [3.05, 3.63) is 58.1 Å². The van der Waals surface area contributed by atoms with Crippen molar-refractivity contribution in [1.82, 2.24) is 14.8 Å². The van der Waals surface area contributed by atoms with E-state index in [4.69, 9.17) is 34.8 Å². The normalized spacial score (nSPS) is 13.9. The Labute approximate surface area is 125 Å². The van der Waals surface area contributed by atoms with E-state index in [1.54, 1.807) is 24.3 Å². The number of aromatic nitrogens is 3. The second kappa shape index (κ2) is 5.92. The Kier molecular flexibility index (Phi) is 4.47. The summed E-state index contributed by atoms with van der Waals surface area (Å²) in [5.74, 6) is 0. The summed E-state index contributed by atoms with van der Waals surface area (Å²) in [5.41, 5.74) is -0.789. The molecule has 1 aromatic carbocycles. The van der Waals surface area contributed by atoms with Gasteiger partial charge < -0.3 is 5.11 Å². The monoisotopic (exact) mass is 317 g/mol. The van der Waals surface area contributed by atoms with Crippen molar-refractivity contribution in [3.63, 3.8) is 0 Å². The van der Waals surface area contributed by atoms with E-state index in [0.717, 1.165) is 0 Å². The molecule has 0 aliphatic rings. The second-order valence-corrected chi connectivity index (χ2v) is 5.40. The average molecular weight is 319 g/mol. The molecule has 0 saturated heterocycles. The Hall–Kier alpha value is -1.07. The molecule has 0 bridgehead atoms. The smallest absolute Gasteiger partial charge is 0.137 e. The van der Waals surface area contributed by atoms with Gasteiger partial charge in [0, 0.05) is 5.02 Å². The molecule has 0 aliphatic carbocycles. The highest BCUT2D eigenvalue weighted by molar-refractivity contribution is 6.55. The third-order valence-electron chi connectivity index (χ3n) is 2.56. The molecule has 0 saturated carbocycles. The van der Waals surface area contributed by atoms with Crippen LogP contribution in [0, 0.1) is 0 Å². The van der Waals surface area contributed by atoms with Crippen LogP contribution in [0.1, 0.15) is 5.56 Å². The quantitative estimate of drug-likeness (QED) is 0.942. The molecule has 4 nitrogen and oxygen atoms in total. The van der Waals surface area contributed by atoms with Crippen LogP contribution in [0.15, 0.2) is 47.5 Å². The van der Waals surface area contributed by atoms with E-state index in [2.05, 4.69) is 10.1 Å². The number of benzene rings is 1. The minimum atomic E-state index is -1.39. The van der Waals surface area contributed by atoms with E-state index in [0.29, 0.717) is 10.6 Å².